The van der Waals surface area contributed by atoms with Crippen LogP contribution in [0, 0.1) is 27.6 Å². The van der Waals surface area contributed by atoms with Crippen LogP contribution in [0.15, 0.2) is 55.0 Å². The number of carbonyl (C=O) groups is 1. The van der Waals surface area contributed by atoms with Gasteiger partial charge in [0.2, 0.25) is 0 Å². The van der Waals surface area contributed by atoms with Crippen molar-refractivity contribution in [2.45, 2.75) is 31.5 Å². The van der Waals surface area contributed by atoms with Crippen molar-refractivity contribution in [3.05, 3.63) is 99.5 Å². The number of imidazole rings is 1. The van der Waals surface area contributed by atoms with Gasteiger partial charge in [0.25, 0.3) is 0 Å². The number of aromatic carboxylic acids is 1. The predicted octanol–water partition coefficient (Wildman–Crippen LogP) is 3.57. The quantitative estimate of drug-likeness (QED) is 0.196. The molecule has 0 radical (unpaired) electrons. The fourth-order valence-corrected chi connectivity index (χ4v) is 5.01. The molecule has 5 rings (SSSR count). The minimum Gasteiger partial charge on any atom is -0.478 e. The summed E-state index contributed by atoms with van der Waals surface area (Å²) in [6.45, 7) is 5.44. The molecule has 1 fully saturated rings. The maximum Gasteiger partial charge on any atom is 1.00 e. The number of carboxylic acid groups (broad SMARTS) is 1. The van der Waals surface area contributed by atoms with E-state index in [1.807, 2.05) is 4.57 Å². The van der Waals surface area contributed by atoms with Crippen molar-refractivity contribution in [2.75, 3.05) is 23.7 Å². The van der Waals surface area contributed by atoms with E-state index in [9.17, 15) is 27.5 Å². The van der Waals surface area contributed by atoms with Gasteiger partial charge in [0, 0.05) is 30.8 Å². The number of rotatable bonds is 6. The molecule has 2 aromatic heterocycles. The smallest absolute Gasteiger partial charge is 0.478 e. The second kappa shape index (κ2) is 14.3. The van der Waals surface area contributed by atoms with Crippen LogP contribution < -0.4 is 40.2 Å². The second-order valence-corrected chi connectivity index (χ2v) is 9.47. The normalized spacial score (nSPS) is 13.5. The molecule has 43 heavy (non-hydrogen) atoms. The van der Waals surface area contributed by atoms with Gasteiger partial charge in [0.1, 0.15) is 29.6 Å². The number of hydrogen-bond acceptors (Lipinski definition) is 6. The number of benzene rings is 2. The molecule has 1 saturated heterocycles. The van der Waals surface area contributed by atoms with Gasteiger partial charge in [-0.15, -0.1) is 6.54 Å². The molecule has 4 aromatic rings. The van der Waals surface area contributed by atoms with Crippen LogP contribution in [0.4, 0.5) is 29.2 Å². The van der Waals surface area contributed by atoms with Gasteiger partial charge in [-0.1, -0.05) is 12.1 Å². The van der Waals surface area contributed by atoms with E-state index in [0.717, 1.165) is 12.1 Å². The Morgan fingerprint density at radius 2 is 1.67 bits per heavy atom. The fourth-order valence-electron chi connectivity index (χ4n) is 5.01. The Labute approximate surface area is 270 Å². The van der Waals surface area contributed by atoms with E-state index in [0.29, 0.717) is 60.9 Å². The van der Waals surface area contributed by atoms with Crippen LogP contribution in [0.25, 0.3) is 22.4 Å². The van der Waals surface area contributed by atoms with E-state index >= 15 is 0 Å². The molecule has 0 saturated carbocycles. The molecule has 0 unspecified atom stereocenters. The molecule has 1 aliphatic rings. The third-order valence-corrected chi connectivity index (χ3v) is 7.05. The van der Waals surface area contributed by atoms with Crippen LogP contribution >= 0.6 is 0 Å². The van der Waals surface area contributed by atoms with Gasteiger partial charge < -0.3 is 42.1 Å². The van der Waals surface area contributed by atoms with Crippen LogP contribution in [-0.4, -0.2) is 43.7 Å². The van der Waals surface area contributed by atoms with Crippen LogP contribution in [-0.2, 0) is 12.7 Å². The SMILES string of the molecule is [CH2-]Cn1cc(-c2ccc(F)c(C(F)(F)F)c2)nc1C1CCN(c2ncnc(N)c2-c2ccc(C(=O)O)cc2)CC1.[CH3-].[CH3-].[Na+]. The Balaban J connectivity index is 0.00000215. The zero-order chi connectivity index (χ0) is 28.6. The van der Waals surface area contributed by atoms with Crippen LogP contribution in [0.1, 0.15) is 40.5 Å². The van der Waals surface area contributed by atoms with Crippen molar-refractivity contribution in [1.82, 2.24) is 19.5 Å². The first-order chi connectivity index (χ1) is 19.1. The largest absolute Gasteiger partial charge is 1.00 e. The number of aromatic nitrogens is 4. The zero-order valence-electron chi connectivity index (χ0n) is 24.2. The monoisotopic (exact) mass is 606 g/mol. The van der Waals surface area contributed by atoms with Crippen molar-refractivity contribution in [2.24, 2.45) is 0 Å². The number of nitrogens with zero attached hydrogens (tertiary/aromatic N) is 5. The molecular weight excluding hydrogens is 575 g/mol. The number of piperidine rings is 1. The van der Waals surface area contributed by atoms with Gasteiger partial charge >= 0.3 is 41.7 Å². The molecule has 3 N–H and O–H groups in total. The molecular formula is C30H31F4N6NaO2-2. The molecule has 13 heteroatoms. The van der Waals surface area contributed by atoms with Crippen molar-refractivity contribution < 1.29 is 57.0 Å². The van der Waals surface area contributed by atoms with Crippen molar-refractivity contribution in [3.63, 3.8) is 0 Å². The maximum absolute atomic E-state index is 13.8. The summed E-state index contributed by atoms with van der Waals surface area (Å²) < 4.78 is 55.4. The third kappa shape index (κ3) is 7.36. The summed E-state index contributed by atoms with van der Waals surface area (Å²) in [6, 6.07) is 9.20. The van der Waals surface area contributed by atoms with E-state index in [2.05, 4.69) is 26.8 Å². The Kier molecular flexibility index (Phi) is 11.9. The topological polar surface area (TPSA) is 110 Å². The van der Waals surface area contributed by atoms with Crippen LogP contribution in [0.5, 0.6) is 0 Å². The Morgan fingerprint density at radius 1 is 1.05 bits per heavy atom. The van der Waals surface area contributed by atoms with Gasteiger partial charge in [-0.2, -0.15) is 13.2 Å². The van der Waals surface area contributed by atoms with Gasteiger partial charge in [-0.3, -0.25) is 0 Å². The molecule has 0 bridgehead atoms. The Hall–Kier alpha value is -3.48. The molecule has 0 aliphatic carbocycles. The van der Waals surface area contributed by atoms with Gasteiger partial charge in [0.15, 0.2) is 0 Å². The average Bonchev–Trinajstić information content (AvgIpc) is 3.37. The summed E-state index contributed by atoms with van der Waals surface area (Å²) in [5.41, 5.74) is 6.82. The standard InChI is InChI=1S/C28H25F4N6O2.2CH3.Na/c1-2-37-14-22(19-7-8-21(29)20(13-19)28(30,31)32)36-25(37)17-9-11-38(12-10-17)26-23(24(33)34-15-35-26)16-3-5-18(6-4-16)27(39)40;;;/h3-8,13-15,17H,1-2,9-12H2,(H,39,40)(H2,33,34,35);2*1H3;/q3*-1;+1. The van der Waals surface area contributed by atoms with E-state index in [-0.39, 0.29) is 67.3 Å². The van der Waals surface area contributed by atoms with E-state index in [4.69, 9.17) is 5.73 Å². The summed E-state index contributed by atoms with van der Waals surface area (Å²) in [4.78, 5) is 26.6. The number of anilines is 2. The fraction of sp³-hybridized carbons (Fsp3) is 0.233. The molecule has 0 amide bonds. The third-order valence-electron chi connectivity index (χ3n) is 7.05. The van der Waals surface area contributed by atoms with Crippen molar-refractivity contribution in [3.8, 4) is 22.4 Å². The number of carboxylic acids is 1. The molecule has 3 heterocycles. The van der Waals surface area contributed by atoms with E-state index in [1.54, 1.807) is 18.3 Å². The van der Waals surface area contributed by atoms with E-state index in [1.165, 1.54) is 24.5 Å². The molecule has 1 aliphatic heterocycles. The first-order valence-electron chi connectivity index (χ1n) is 12.5. The summed E-state index contributed by atoms with van der Waals surface area (Å²) in [7, 11) is 0. The molecule has 0 spiro atoms. The number of halogens is 4. The molecule has 0 atom stereocenters. The predicted molar refractivity (Wildman–Crippen MR) is 154 cm³/mol. The maximum atomic E-state index is 13.8. The van der Waals surface area contributed by atoms with Gasteiger partial charge in [-0.05, 0) is 48.7 Å². The number of alkyl halides is 3. The Bertz CT molecular complexity index is 1550. The van der Waals surface area contributed by atoms with Crippen molar-refractivity contribution >= 4 is 17.6 Å². The van der Waals surface area contributed by atoms with Gasteiger partial charge in [0.05, 0.1) is 22.4 Å². The zero-order valence-corrected chi connectivity index (χ0v) is 26.2. The number of nitrogen functional groups attached to an aromatic ring is 1. The van der Waals surface area contributed by atoms with E-state index < -0.39 is 23.5 Å². The van der Waals surface area contributed by atoms with Crippen molar-refractivity contribution in [1.29, 1.82) is 0 Å². The average molecular weight is 607 g/mol. The second-order valence-electron chi connectivity index (χ2n) is 9.47. The van der Waals surface area contributed by atoms with Crippen LogP contribution in [0.2, 0.25) is 0 Å². The summed E-state index contributed by atoms with van der Waals surface area (Å²) in [5, 5.41) is 9.21. The summed E-state index contributed by atoms with van der Waals surface area (Å²) in [6.07, 6.45) is -0.437. The number of nitrogens with two attached hydrogens (primary N) is 1. The minimum atomic E-state index is -4.81. The minimum absolute atomic E-state index is 0. The summed E-state index contributed by atoms with van der Waals surface area (Å²) >= 11 is 0. The summed E-state index contributed by atoms with van der Waals surface area (Å²) in [5.74, 6) is -0.759. The van der Waals surface area contributed by atoms with Crippen LogP contribution in [0.3, 0.4) is 0 Å². The number of hydrogen-bond donors (Lipinski definition) is 2. The van der Waals surface area contributed by atoms with Gasteiger partial charge in [-0.25, -0.2) is 24.1 Å². The Morgan fingerprint density at radius 3 is 2.26 bits per heavy atom. The first-order valence-corrected chi connectivity index (χ1v) is 12.5. The molecule has 8 nitrogen and oxygen atoms in total. The molecule has 224 valence electrons. The molecule has 2 aromatic carbocycles. The first kappa shape index (κ1) is 35.7.